The summed E-state index contributed by atoms with van der Waals surface area (Å²) >= 11 is 1.55. The average Bonchev–Trinajstić information content (AvgIpc) is 2.85. The molecule has 0 saturated carbocycles. The molecular weight excluding hydrogens is 272 g/mol. The Kier molecular flexibility index (Phi) is 4.15. The molecule has 2 rings (SSSR count). The minimum Gasteiger partial charge on any atom is -0.398 e. The summed E-state index contributed by atoms with van der Waals surface area (Å²) in [6.07, 6.45) is -0.555. The van der Waals surface area contributed by atoms with Gasteiger partial charge in [-0.1, -0.05) is 30.3 Å². The van der Waals surface area contributed by atoms with Crippen LogP contribution >= 0.6 is 11.3 Å². The van der Waals surface area contributed by atoms with Crippen molar-refractivity contribution >= 4 is 19.7 Å². The summed E-state index contributed by atoms with van der Waals surface area (Å²) in [5.41, 5.74) is 1.79. The average molecular weight is 288 g/mol. The van der Waals surface area contributed by atoms with Gasteiger partial charge >= 0.3 is 0 Å². The molecule has 0 radical (unpaired) electrons. The maximum atomic E-state index is 9.23. The molecule has 0 aliphatic heterocycles. The Bertz CT molecular complexity index is 583. The maximum absolute atomic E-state index is 9.23. The Labute approximate surface area is 118 Å². The van der Waals surface area contributed by atoms with Crippen molar-refractivity contribution in [3.05, 3.63) is 41.4 Å². The molecule has 1 atom stereocenters. The van der Waals surface area contributed by atoms with Gasteiger partial charge in [0.15, 0.2) is 14.4 Å². The van der Waals surface area contributed by atoms with Crippen molar-refractivity contribution in [2.45, 2.75) is 25.7 Å². The molecule has 0 spiro atoms. The van der Waals surface area contributed by atoms with E-state index in [9.17, 15) is 5.26 Å². The van der Waals surface area contributed by atoms with Crippen molar-refractivity contribution in [1.29, 1.82) is 5.26 Å². The molecule has 19 heavy (non-hydrogen) atoms. The first kappa shape index (κ1) is 13.9. The summed E-state index contributed by atoms with van der Waals surface area (Å²) in [5.74, 6) is 0. The second kappa shape index (κ2) is 5.66. The van der Waals surface area contributed by atoms with Crippen LogP contribution in [0.2, 0.25) is 19.6 Å². The third-order valence-electron chi connectivity index (χ3n) is 2.40. The minimum absolute atomic E-state index is 0.555. The Hall–Kier alpha value is -1.48. The van der Waals surface area contributed by atoms with E-state index in [2.05, 4.69) is 30.7 Å². The Balaban J connectivity index is 2.23. The first-order chi connectivity index (χ1) is 8.99. The van der Waals surface area contributed by atoms with E-state index >= 15 is 0 Å². The zero-order valence-corrected chi connectivity index (χ0v) is 13.1. The molecule has 5 heteroatoms. The molecule has 1 unspecified atom stereocenters. The number of nitrogens with zero attached hydrogens (tertiary/aromatic N) is 2. The van der Waals surface area contributed by atoms with Crippen molar-refractivity contribution in [2.24, 2.45) is 0 Å². The Morgan fingerprint density at radius 3 is 2.53 bits per heavy atom. The van der Waals surface area contributed by atoms with Gasteiger partial charge in [-0.15, -0.1) is 11.3 Å². The van der Waals surface area contributed by atoms with E-state index in [0.29, 0.717) is 5.69 Å². The lowest BCUT2D eigenvalue weighted by molar-refractivity contribution is 0.251. The van der Waals surface area contributed by atoms with Crippen LogP contribution in [0.25, 0.3) is 10.6 Å². The summed E-state index contributed by atoms with van der Waals surface area (Å²) in [7, 11) is -1.75. The fraction of sp³-hybridized carbons (Fsp3) is 0.286. The highest BCUT2D eigenvalue weighted by Gasteiger charge is 2.24. The van der Waals surface area contributed by atoms with E-state index in [4.69, 9.17) is 4.43 Å². The first-order valence-electron chi connectivity index (χ1n) is 6.08. The number of nitriles is 1. The predicted molar refractivity (Wildman–Crippen MR) is 80.3 cm³/mol. The smallest absolute Gasteiger partial charge is 0.186 e. The fourth-order valence-corrected chi connectivity index (χ4v) is 3.35. The molecule has 2 aromatic rings. The van der Waals surface area contributed by atoms with Crippen LogP contribution in [0.1, 0.15) is 11.8 Å². The van der Waals surface area contributed by atoms with Crippen LogP contribution in [0, 0.1) is 11.3 Å². The molecule has 0 N–H and O–H groups in total. The lowest BCUT2D eigenvalue weighted by Crippen LogP contribution is -2.27. The second-order valence-electron chi connectivity index (χ2n) is 5.18. The van der Waals surface area contributed by atoms with Crippen molar-refractivity contribution in [3.8, 4) is 16.6 Å². The third kappa shape index (κ3) is 3.74. The van der Waals surface area contributed by atoms with Gasteiger partial charge in [0.25, 0.3) is 0 Å². The van der Waals surface area contributed by atoms with Crippen molar-refractivity contribution in [2.75, 3.05) is 0 Å². The quantitative estimate of drug-likeness (QED) is 0.791. The summed E-state index contributed by atoms with van der Waals surface area (Å²) < 4.78 is 5.84. The monoisotopic (exact) mass is 288 g/mol. The van der Waals surface area contributed by atoms with Gasteiger partial charge in [-0.25, -0.2) is 4.98 Å². The first-order valence-corrected chi connectivity index (χ1v) is 10.4. The number of hydrogen-bond donors (Lipinski definition) is 0. The molecule has 0 aliphatic rings. The van der Waals surface area contributed by atoms with Crippen molar-refractivity contribution in [3.63, 3.8) is 0 Å². The second-order valence-corrected chi connectivity index (χ2v) is 10.5. The predicted octanol–water partition coefficient (Wildman–Crippen LogP) is 4.23. The zero-order valence-electron chi connectivity index (χ0n) is 11.3. The lowest BCUT2D eigenvalue weighted by atomic mass is 10.2. The van der Waals surface area contributed by atoms with E-state index in [0.717, 1.165) is 10.6 Å². The Morgan fingerprint density at radius 2 is 1.95 bits per heavy atom. The Morgan fingerprint density at radius 1 is 1.26 bits per heavy atom. The summed E-state index contributed by atoms with van der Waals surface area (Å²) in [6, 6.07) is 12.2. The van der Waals surface area contributed by atoms with Crippen LogP contribution in [0.4, 0.5) is 0 Å². The molecule has 1 aromatic heterocycles. The summed E-state index contributed by atoms with van der Waals surface area (Å²) in [5, 5.41) is 12.1. The standard InChI is InChI=1S/C14H16N2OSSi/c1-19(2,3)17-13(9-15)12-10-18-14(16-12)11-7-5-4-6-8-11/h4-8,10,13H,1-3H3. The van der Waals surface area contributed by atoms with Gasteiger partial charge in [-0.2, -0.15) is 5.26 Å². The van der Waals surface area contributed by atoms with Crippen LogP contribution in [0.5, 0.6) is 0 Å². The van der Waals surface area contributed by atoms with Gasteiger partial charge < -0.3 is 4.43 Å². The van der Waals surface area contributed by atoms with Crippen LogP contribution in [-0.4, -0.2) is 13.3 Å². The number of thiazole rings is 1. The zero-order chi connectivity index (χ0) is 13.9. The number of benzene rings is 1. The van der Waals surface area contributed by atoms with Gasteiger partial charge in [0, 0.05) is 10.9 Å². The van der Waals surface area contributed by atoms with E-state index in [-0.39, 0.29) is 0 Å². The van der Waals surface area contributed by atoms with Crippen LogP contribution in [-0.2, 0) is 4.43 Å². The van der Waals surface area contributed by atoms with E-state index in [1.54, 1.807) is 11.3 Å². The van der Waals surface area contributed by atoms with Crippen LogP contribution < -0.4 is 0 Å². The molecule has 98 valence electrons. The molecule has 1 heterocycles. The molecule has 1 aromatic carbocycles. The highest BCUT2D eigenvalue weighted by molar-refractivity contribution is 7.13. The van der Waals surface area contributed by atoms with Gasteiger partial charge in [-0.05, 0) is 19.6 Å². The topological polar surface area (TPSA) is 45.9 Å². The number of hydrogen-bond acceptors (Lipinski definition) is 4. The highest BCUT2D eigenvalue weighted by Crippen LogP contribution is 2.28. The normalized spacial score (nSPS) is 12.9. The molecule has 0 amide bonds. The van der Waals surface area contributed by atoms with Crippen molar-refractivity contribution in [1.82, 2.24) is 4.98 Å². The third-order valence-corrected chi connectivity index (χ3v) is 4.25. The minimum atomic E-state index is -1.75. The molecule has 0 fully saturated rings. The molecule has 0 saturated heterocycles. The summed E-state index contributed by atoms with van der Waals surface area (Å²) in [4.78, 5) is 4.53. The number of rotatable bonds is 4. The SMILES string of the molecule is C[Si](C)(C)OC(C#N)c1csc(-c2ccccc2)n1. The van der Waals surface area contributed by atoms with E-state index in [1.165, 1.54) is 0 Å². The van der Waals surface area contributed by atoms with Crippen LogP contribution in [0.15, 0.2) is 35.7 Å². The van der Waals surface area contributed by atoms with Gasteiger partial charge in [-0.3, -0.25) is 0 Å². The highest BCUT2D eigenvalue weighted by atomic mass is 32.1. The van der Waals surface area contributed by atoms with Crippen molar-refractivity contribution < 1.29 is 4.43 Å². The van der Waals surface area contributed by atoms with E-state index in [1.807, 2.05) is 35.7 Å². The maximum Gasteiger partial charge on any atom is 0.186 e. The fourth-order valence-electron chi connectivity index (χ4n) is 1.63. The van der Waals surface area contributed by atoms with Crippen LogP contribution in [0.3, 0.4) is 0 Å². The molecular formula is C14H16N2OSSi. The molecule has 3 nitrogen and oxygen atoms in total. The summed E-state index contributed by atoms with van der Waals surface area (Å²) in [6.45, 7) is 6.21. The van der Waals surface area contributed by atoms with E-state index < -0.39 is 14.4 Å². The molecule has 0 aliphatic carbocycles. The number of aromatic nitrogens is 1. The lowest BCUT2D eigenvalue weighted by Gasteiger charge is -2.20. The van der Waals surface area contributed by atoms with Gasteiger partial charge in [0.2, 0.25) is 0 Å². The van der Waals surface area contributed by atoms with Gasteiger partial charge in [0.1, 0.15) is 5.01 Å². The van der Waals surface area contributed by atoms with Gasteiger partial charge in [0.05, 0.1) is 11.8 Å². The molecule has 0 bridgehead atoms. The largest absolute Gasteiger partial charge is 0.398 e.